The van der Waals surface area contributed by atoms with E-state index in [1.54, 1.807) is 18.2 Å². The van der Waals surface area contributed by atoms with Gasteiger partial charge in [-0.15, -0.1) is 0 Å². The molecule has 0 bridgehead atoms. The first-order chi connectivity index (χ1) is 8.59. The van der Waals surface area contributed by atoms with Crippen LogP contribution in [-0.4, -0.2) is 16.6 Å². The molecule has 0 fully saturated rings. The Labute approximate surface area is 116 Å². The van der Waals surface area contributed by atoms with Crippen LogP contribution >= 0.6 is 0 Å². The third kappa shape index (κ3) is 5.77. The number of aromatic hydroxyl groups is 1. The van der Waals surface area contributed by atoms with Crippen molar-refractivity contribution in [2.24, 2.45) is 5.41 Å². The zero-order valence-electron chi connectivity index (χ0n) is 12.6. The molecule has 0 atom stereocenters. The number of para-hydroxylation sites is 1. The van der Waals surface area contributed by atoms with Crippen LogP contribution in [0.3, 0.4) is 0 Å². The lowest BCUT2D eigenvalue weighted by Crippen LogP contribution is -2.46. The minimum atomic E-state index is -0.250. The van der Waals surface area contributed by atoms with Crippen LogP contribution in [0.2, 0.25) is 0 Å². The van der Waals surface area contributed by atoms with E-state index >= 15 is 0 Å². The van der Waals surface area contributed by atoms with Crippen molar-refractivity contribution in [3.05, 3.63) is 29.8 Å². The maximum Gasteiger partial charge on any atom is 0.224 e. The van der Waals surface area contributed by atoms with Crippen molar-refractivity contribution in [3.63, 3.8) is 0 Å². The number of phenolic OH excluding ortho intramolecular Hbond substituents is 1. The second kappa shape index (κ2) is 5.64. The van der Waals surface area contributed by atoms with E-state index < -0.39 is 0 Å². The van der Waals surface area contributed by atoms with Gasteiger partial charge in [0, 0.05) is 11.1 Å². The van der Waals surface area contributed by atoms with E-state index in [4.69, 9.17) is 0 Å². The lowest BCUT2D eigenvalue weighted by molar-refractivity contribution is -0.122. The molecule has 3 heteroatoms. The quantitative estimate of drug-likeness (QED) is 0.876. The van der Waals surface area contributed by atoms with E-state index in [2.05, 4.69) is 26.1 Å². The first kappa shape index (κ1) is 15.5. The van der Waals surface area contributed by atoms with E-state index in [1.165, 1.54) is 0 Å². The SMILES string of the molecule is CC(C)(C)CC(C)(C)NC(=O)Cc1ccccc1O. The average molecular weight is 263 g/mol. The zero-order valence-corrected chi connectivity index (χ0v) is 12.6. The highest BCUT2D eigenvalue weighted by Crippen LogP contribution is 2.27. The molecule has 0 aliphatic rings. The van der Waals surface area contributed by atoms with Gasteiger partial charge in [-0.1, -0.05) is 39.0 Å². The van der Waals surface area contributed by atoms with Crippen LogP contribution in [0.1, 0.15) is 46.6 Å². The molecule has 3 nitrogen and oxygen atoms in total. The summed E-state index contributed by atoms with van der Waals surface area (Å²) in [5.74, 6) is 0.113. The molecule has 106 valence electrons. The molecule has 2 N–H and O–H groups in total. The molecule has 0 spiro atoms. The van der Waals surface area contributed by atoms with Crippen molar-refractivity contribution >= 4 is 5.91 Å². The number of rotatable bonds is 4. The minimum Gasteiger partial charge on any atom is -0.508 e. The molecule has 1 aromatic carbocycles. The molecule has 0 radical (unpaired) electrons. The van der Waals surface area contributed by atoms with E-state index in [0.717, 1.165) is 6.42 Å². The maximum atomic E-state index is 12.0. The fourth-order valence-electron chi connectivity index (χ4n) is 2.62. The maximum absolute atomic E-state index is 12.0. The van der Waals surface area contributed by atoms with Gasteiger partial charge in [0.2, 0.25) is 5.91 Å². The smallest absolute Gasteiger partial charge is 0.224 e. The summed E-state index contributed by atoms with van der Waals surface area (Å²) in [6.07, 6.45) is 1.10. The van der Waals surface area contributed by atoms with Crippen molar-refractivity contribution in [2.75, 3.05) is 0 Å². The molecular formula is C16H25NO2. The number of carbonyl (C=O) groups is 1. The van der Waals surface area contributed by atoms with Gasteiger partial charge in [-0.3, -0.25) is 4.79 Å². The van der Waals surface area contributed by atoms with Gasteiger partial charge in [-0.25, -0.2) is 0 Å². The van der Waals surface area contributed by atoms with Crippen LogP contribution in [0.5, 0.6) is 5.75 Å². The molecule has 1 rings (SSSR count). The summed E-state index contributed by atoms with van der Waals surface area (Å²) in [7, 11) is 0. The van der Waals surface area contributed by atoms with Gasteiger partial charge in [0.15, 0.2) is 0 Å². The third-order valence-corrected chi connectivity index (χ3v) is 2.79. The van der Waals surface area contributed by atoms with Crippen LogP contribution in [0.15, 0.2) is 24.3 Å². The lowest BCUT2D eigenvalue weighted by Gasteiger charge is -2.33. The number of nitrogens with one attached hydrogen (secondary N) is 1. The Kier molecular flexibility index (Phi) is 4.61. The fraction of sp³-hybridized carbons (Fsp3) is 0.562. The Morgan fingerprint density at radius 3 is 2.26 bits per heavy atom. The second-order valence-corrected chi connectivity index (χ2v) is 6.97. The van der Waals surface area contributed by atoms with Crippen LogP contribution in [0.4, 0.5) is 0 Å². The number of hydrogen-bond donors (Lipinski definition) is 2. The molecule has 1 aromatic rings. The number of hydrogen-bond acceptors (Lipinski definition) is 2. The third-order valence-electron chi connectivity index (χ3n) is 2.79. The Balaban J connectivity index is 2.63. The summed E-state index contributed by atoms with van der Waals surface area (Å²) in [6, 6.07) is 6.94. The summed E-state index contributed by atoms with van der Waals surface area (Å²) in [6.45, 7) is 10.5. The second-order valence-electron chi connectivity index (χ2n) is 6.97. The number of phenols is 1. The zero-order chi connectivity index (χ0) is 14.7. The monoisotopic (exact) mass is 263 g/mol. The molecular weight excluding hydrogens is 238 g/mol. The summed E-state index contributed by atoms with van der Waals surface area (Å²) in [5.41, 5.74) is 0.567. The summed E-state index contributed by atoms with van der Waals surface area (Å²) >= 11 is 0. The molecule has 0 aliphatic carbocycles. The Morgan fingerprint density at radius 1 is 1.16 bits per heavy atom. The lowest BCUT2D eigenvalue weighted by atomic mass is 9.81. The van der Waals surface area contributed by atoms with Crippen LogP contribution in [-0.2, 0) is 11.2 Å². The number of amides is 1. The largest absolute Gasteiger partial charge is 0.508 e. The van der Waals surface area contributed by atoms with Crippen molar-refractivity contribution in [1.82, 2.24) is 5.32 Å². The first-order valence-corrected chi connectivity index (χ1v) is 6.67. The predicted octanol–water partition coefficient (Wildman–Crippen LogP) is 3.27. The minimum absolute atomic E-state index is 0.0595. The van der Waals surface area contributed by atoms with Gasteiger partial charge >= 0.3 is 0 Å². The molecule has 0 aliphatic heterocycles. The highest BCUT2D eigenvalue weighted by molar-refractivity contribution is 5.79. The van der Waals surface area contributed by atoms with E-state index in [-0.39, 0.29) is 29.0 Å². The van der Waals surface area contributed by atoms with Crippen molar-refractivity contribution in [2.45, 2.75) is 53.0 Å². The van der Waals surface area contributed by atoms with Crippen LogP contribution < -0.4 is 5.32 Å². The van der Waals surface area contributed by atoms with Crippen molar-refractivity contribution in [1.29, 1.82) is 0 Å². The highest BCUT2D eigenvalue weighted by Gasteiger charge is 2.27. The molecule has 0 unspecified atom stereocenters. The van der Waals surface area contributed by atoms with E-state index in [0.29, 0.717) is 5.56 Å². The molecule has 0 aromatic heterocycles. The number of carbonyl (C=O) groups excluding carboxylic acids is 1. The molecule has 0 heterocycles. The normalized spacial score (nSPS) is 12.3. The Bertz CT molecular complexity index is 444. The van der Waals surface area contributed by atoms with Crippen molar-refractivity contribution in [3.8, 4) is 5.75 Å². The summed E-state index contributed by atoms with van der Waals surface area (Å²) in [4.78, 5) is 12.0. The Hall–Kier alpha value is -1.51. The Morgan fingerprint density at radius 2 is 1.74 bits per heavy atom. The van der Waals surface area contributed by atoms with Gasteiger partial charge in [-0.2, -0.15) is 0 Å². The first-order valence-electron chi connectivity index (χ1n) is 6.67. The molecule has 0 saturated carbocycles. The summed E-state index contributed by atoms with van der Waals surface area (Å²) < 4.78 is 0. The van der Waals surface area contributed by atoms with Gasteiger partial charge in [0.05, 0.1) is 6.42 Å². The topological polar surface area (TPSA) is 49.3 Å². The van der Waals surface area contributed by atoms with Gasteiger partial charge in [0.25, 0.3) is 0 Å². The standard InChI is InChI=1S/C16H25NO2/c1-15(2,3)11-16(4,5)17-14(19)10-12-8-6-7-9-13(12)18/h6-9,18H,10-11H2,1-5H3,(H,17,19). The van der Waals surface area contributed by atoms with E-state index in [1.807, 2.05) is 19.9 Å². The van der Waals surface area contributed by atoms with E-state index in [9.17, 15) is 9.90 Å². The molecule has 1 amide bonds. The van der Waals surface area contributed by atoms with Crippen molar-refractivity contribution < 1.29 is 9.90 Å². The predicted molar refractivity (Wildman–Crippen MR) is 78.1 cm³/mol. The molecule has 0 saturated heterocycles. The number of benzene rings is 1. The van der Waals surface area contributed by atoms with Gasteiger partial charge < -0.3 is 10.4 Å². The summed E-state index contributed by atoms with van der Waals surface area (Å²) in [5, 5.41) is 12.7. The van der Waals surface area contributed by atoms with Gasteiger partial charge in [0.1, 0.15) is 5.75 Å². The van der Waals surface area contributed by atoms with Crippen LogP contribution in [0.25, 0.3) is 0 Å². The average Bonchev–Trinajstić information content (AvgIpc) is 2.16. The fourth-order valence-corrected chi connectivity index (χ4v) is 2.62. The highest BCUT2D eigenvalue weighted by atomic mass is 16.3. The van der Waals surface area contributed by atoms with Gasteiger partial charge in [-0.05, 0) is 31.7 Å². The molecule has 19 heavy (non-hydrogen) atoms. The van der Waals surface area contributed by atoms with Crippen LogP contribution in [0, 0.1) is 5.41 Å².